The van der Waals surface area contributed by atoms with Crippen molar-refractivity contribution in [2.75, 3.05) is 10.6 Å². The van der Waals surface area contributed by atoms with E-state index in [4.69, 9.17) is 12.2 Å². The number of allylic oxidation sites excluding steroid dienone is 1. The molecule has 39 heavy (non-hydrogen) atoms. The van der Waals surface area contributed by atoms with Crippen LogP contribution < -0.4 is 16.4 Å². The van der Waals surface area contributed by atoms with Crippen LogP contribution in [0.2, 0.25) is 0 Å². The van der Waals surface area contributed by atoms with Gasteiger partial charge in [-0.15, -0.1) is 12.2 Å². The molecule has 5 nitrogen and oxygen atoms in total. The second kappa shape index (κ2) is 24.9. The molecule has 1 aromatic heterocycles. The van der Waals surface area contributed by atoms with Crippen LogP contribution in [0.4, 0.5) is 15.9 Å². The molecular weight excluding hydrogens is 487 g/mol. The van der Waals surface area contributed by atoms with Gasteiger partial charge in [-0.25, -0.2) is 9.37 Å². The van der Waals surface area contributed by atoms with Crippen molar-refractivity contribution in [3.05, 3.63) is 71.0 Å². The van der Waals surface area contributed by atoms with Gasteiger partial charge in [-0.05, 0) is 49.6 Å². The first kappa shape index (κ1) is 40.1. The van der Waals surface area contributed by atoms with Crippen molar-refractivity contribution in [2.45, 2.75) is 101 Å². The van der Waals surface area contributed by atoms with Gasteiger partial charge in [0.25, 0.3) is 5.91 Å². The smallest absolute Gasteiger partial charge is 0.259 e. The minimum atomic E-state index is -0.688. The maximum Gasteiger partial charge on any atom is 0.259 e. The molecule has 2 aromatic rings. The standard InChI is InChI=1S/C20H19FN4O.2C4H10.C3H8.C2H6.2H2/c1-5-13(4)23-18-11-14(15(21)10-12(18)3)20(26)25-19-9-7-8-17(24-19)16(22)6-2;1-4(2)3;1-3-4-2;1-3-2;1-2;;/h2,7-11,16,23H,1,22H2,3-4H3,(H,24,25,26);4H,1-3H3;3-4H2,1-2H3;3H2,1-2H3;1-2H3;2*1H. The maximum absolute atomic E-state index is 14.3. The van der Waals surface area contributed by atoms with Gasteiger partial charge in [0.1, 0.15) is 17.7 Å². The summed E-state index contributed by atoms with van der Waals surface area (Å²) in [5, 5.41) is 5.58. The number of terminal acetylenes is 1. The molecule has 0 aliphatic rings. The van der Waals surface area contributed by atoms with Gasteiger partial charge in [0, 0.05) is 8.54 Å². The Hall–Kier alpha value is -3.39. The van der Waals surface area contributed by atoms with Gasteiger partial charge in [-0.1, -0.05) is 100 Å². The number of nitrogens with one attached hydrogen (secondary N) is 2. The van der Waals surface area contributed by atoms with Crippen LogP contribution in [0, 0.1) is 31.0 Å². The molecule has 4 N–H and O–H groups in total. The molecular formula is C33H57FN4O. The van der Waals surface area contributed by atoms with Gasteiger partial charge in [0.2, 0.25) is 0 Å². The molecule has 0 saturated carbocycles. The number of carbonyl (C=O) groups is 1. The zero-order valence-corrected chi connectivity index (χ0v) is 26.3. The fourth-order valence-corrected chi connectivity index (χ4v) is 2.19. The van der Waals surface area contributed by atoms with Crippen LogP contribution in [0.1, 0.15) is 119 Å². The van der Waals surface area contributed by atoms with E-state index in [1.165, 1.54) is 31.4 Å². The van der Waals surface area contributed by atoms with Gasteiger partial charge in [0.15, 0.2) is 0 Å². The number of aromatic nitrogens is 1. The first-order chi connectivity index (χ1) is 18.4. The van der Waals surface area contributed by atoms with Crippen LogP contribution in [-0.2, 0) is 0 Å². The average Bonchev–Trinajstić information content (AvgIpc) is 2.91. The summed E-state index contributed by atoms with van der Waals surface area (Å²) in [7, 11) is 0. The van der Waals surface area contributed by atoms with Crippen LogP contribution in [-0.4, -0.2) is 10.9 Å². The molecule has 0 aliphatic heterocycles. The van der Waals surface area contributed by atoms with Crippen LogP contribution in [0.5, 0.6) is 0 Å². The minimum Gasteiger partial charge on any atom is -0.353 e. The minimum absolute atomic E-state index is 0. The lowest BCUT2D eigenvalue weighted by molar-refractivity contribution is 0.102. The highest BCUT2D eigenvalue weighted by atomic mass is 19.1. The summed E-state index contributed by atoms with van der Waals surface area (Å²) < 4.78 is 14.3. The molecule has 0 bridgehead atoms. The Morgan fingerprint density at radius 2 is 1.64 bits per heavy atom. The van der Waals surface area contributed by atoms with E-state index in [1.807, 2.05) is 13.8 Å². The quantitative estimate of drug-likeness (QED) is 0.250. The third-order valence-corrected chi connectivity index (χ3v) is 4.16. The van der Waals surface area contributed by atoms with E-state index in [2.05, 4.69) is 82.3 Å². The van der Waals surface area contributed by atoms with Crippen LogP contribution in [0.25, 0.3) is 0 Å². The predicted octanol–water partition coefficient (Wildman–Crippen LogP) is 9.92. The molecule has 6 heteroatoms. The molecule has 1 heterocycles. The van der Waals surface area contributed by atoms with Gasteiger partial charge in [-0.2, -0.15) is 0 Å². The third-order valence-electron chi connectivity index (χ3n) is 4.16. The second-order valence-electron chi connectivity index (χ2n) is 9.06. The summed E-state index contributed by atoms with van der Waals surface area (Å²) in [6, 6.07) is 6.90. The van der Waals surface area contributed by atoms with Crippen molar-refractivity contribution in [1.82, 2.24) is 4.98 Å². The van der Waals surface area contributed by atoms with Crippen molar-refractivity contribution < 1.29 is 12.0 Å². The number of nitrogens with two attached hydrogens (primary N) is 1. The van der Waals surface area contributed by atoms with E-state index in [0.29, 0.717) is 22.6 Å². The lowest BCUT2D eigenvalue weighted by Crippen LogP contribution is -2.17. The molecule has 0 saturated heterocycles. The van der Waals surface area contributed by atoms with Crippen LogP contribution in [0.3, 0.4) is 0 Å². The number of unbranched alkanes of at least 4 members (excludes halogenated alkanes) is 1. The first-order valence-electron chi connectivity index (χ1n) is 13.9. The summed E-state index contributed by atoms with van der Waals surface area (Å²) >= 11 is 0. The van der Waals surface area contributed by atoms with Crippen LogP contribution in [0.15, 0.2) is 48.3 Å². The number of nitrogens with zero attached hydrogens (tertiary/aromatic N) is 1. The Labute approximate surface area is 241 Å². The molecule has 0 radical (unpaired) electrons. The van der Waals surface area contributed by atoms with Crippen molar-refractivity contribution in [3.8, 4) is 12.3 Å². The summed E-state index contributed by atoms with van der Waals surface area (Å²) in [5.74, 6) is 2.15. The fraction of sp³-hybridized carbons (Fsp3) is 0.485. The zero-order valence-electron chi connectivity index (χ0n) is 26.3. The zero-order chi connectivity index (χ0) is 31.0. The topological polar surface area (TPSA) is 80.0 Å². The summed E-state index contributed by atoms with van der Waals surface area (Å²) in [5.41, 5.74) is 10.6. The number of halogens is 1. The number of pyridine rings is 1. The van der Waals surface area contributed by atoms with Crippen molar-refractivity contribution in [2.24, 2.45) is 11.7 Å². The number of benzene rings is 1. The van der Waals surface area contributed by atoms with Crippen molar-refractivity contribution in [3.63, 3.8) is 0 Å². The van der Waals surface area contributed by atoms with E-state index < -0.39 is 17.8 Å². The van der Waals surface area contributed by atoms with E-state index >= 15 is 0 Å². The number of carbonyl (C=O) groups excluding carboxylic acids is 1. The number of aryl methyl sites for hydroxylation is 1. The monoisotopic (exact) mass is 544 g/mol. The SMILES string of the molecule is C#CC(N)c1cccc(NC(=O)c2cc(NC(C)=C=C)c(C)cc2F)n1.CC.CC(C)C.CCC.CCCC.[HH].[HH]. The summed E-state index contributed by atoms with van der Waals surface area (Å²) in [4.78, 5) is 16.7. The van der Waals surface area contributed by atoms with Gasteiger partial charge < -0.3 is 16.4 Å². The largest absolute Gasteiger partial charge is 0.353 e. The average molecular weight is 545 g/mol. The Morgan fingerprint density at radius 1 is 1.13 bits per heavy atom. The van der Waals surface area contributed by atoms with Crippen LogP contribution >= 0.6 is 0 Å². The lowest BCUT2D eigenvalue weighted by atomic mass is 10.1. The first-order valence-corrected chi connectivity index (χ1v) is 13.9. The molecule has 1 aromatic carbocycles. The highest BCUT2D eigenvalue weighted by Crippen LogP contribution is 2.22. The van der Waals surface area contributed by atoms with E-state index in [-0.39, 0.29) is 14.2 Å². The summed E-state index contributed by atoms with van der Waals surface area (Å²) in [6.07, 6.45) is 9.17. The summed E-state index contributed by atoms with van der Waals surface area (Å²) in [6.45, 7) is 26.1. The predicted molar refractivity (Wildman–Crippen MR) is 174 cm³/mol. The Balaban J connectivity index is -0.000000245. The molecule has 0 fully saturated rings. The second-order valence-corrected chi connectivity index (χ2v) is 9.06. The van der Waals surface area contributed by atoms with Gasteiger partial charge >= 0.3 is 0 Å². The number of amides is 1. The number of hydrogen-bond acceptors (Lipinski definition) is 4. The molecule has 0 spiro atoms. The highest BCUT2D eigenvalue weighted by molar-refractivity contribution is 6.04. The number of anilines is 2. The third kappa shape index (κ3) is 19.4. The maximum atomic E-state index is 14.3. The molecule has 0 aliphatic carbocycles. The van der Waals surface area contributed by atoms with Crippen molar-refractivity contribution in [1.29, 1.82) is 0 Å². The number of hydrogen-bond donors (Lipinski definition) is 3. The fourth-order valence-electron chi connectivity index (χ4n) is 2.19. The van der Waals surface area contributed by atoms with Crippen molar-refractivity contribution >= 4 is 17.4 Å². The van der Waals surface area contributed by atoms with E-state index in [0.717, 1.165) is 5.92 Å². The normalized spacial score (nSPS) is 9.67. The van der Waals surface area contributed by atoms with E-state index in [9.17, 15) is 9.18 Å². The van der Waals surface area contributed by atoms with Gasteiger partial charge in [0.05, 0.1) is 17.0 Å². The molecule has 2 rings (SSSR count). The molecule has 222 valence electrons. The highest BCUT2D eigenvalue weighted by Gasteiger charge is 2.16. The van der Waals surface area contributed by atoms with E-state index in [1.54, 1.807) is 32.0 Å². The van der Waals surface area contributed by atoms with Gasteiger partial charge in [-0.3, -0.25) is 4.79 Å². The Morgan fingerprint density at radius 3 is 2.08 bits per heavy atom. The Bertz CT molecular complexity index is 1040. The molecule has 1 atom stereocenters. The molecule has 1 unspecified atom stereocenters. The lowest BCUT2D eigenvalue weighted by Gasteiger charge is -2.13. The number of rotatable bonds is 6. The molecule has 1 amide bonds. The Kier molecular flexibility index (Phi) is 25.6.